The molecule has 0 bridgehead atoms. The van der Waals surface area contributed by atoms with Crippen LogP contribution in [0, 0.1) is 0 Å². The van der Waals surface area contributed by atoms with Gasteiger partial charge in [-0.3, -0.25) is 9.69 Å². The molecule has 0 aliphatic rings. The number of hydrogen-bond acceptors (Lipinski definition) is 3. The molecule has 0 fully saturated rings. The number of anilines is 1. The van der Waals surface area contributed by atoms with E-state index >= 15 is 0 Å². The molecule has 0 aliphatic carbocycles. The maximum atomic E-state index is 12.5. The molecule has 1 amide bonds. The number of carbonyl (C=O) groups excluding carboxylic acids is 1. The third kappa shape index (κ3) is 5.15. The molecule has 0 aromatic heterocycles. The Kier molecular flexibility index (Phi) is 6.99. The summed E-state index contributed by atoms with van der Waals surface area (Å²) >= 11 is 13.8. The van der Waals surface area contributed by atoms with Gasteiger partial charge in [-0.1, -0.05) is 35.3 Å². The standard InChI is InChI=1S/C18H20Cl2N2OS/c1-12(18(23)21-17-10-14(19)6-9-16(17)20)22(2)11-13-4-7-15(24-3)8-5-13/h4-10,12H,11H2,1-3H3,(H,21,23)/t12-/m0/s1. The second-order valence-corrected chi connectivity index (χ2v) is 7.28. The number of amides is 1. The van der Waals surface area contributed by atoms with Gasteiger partial charge in [0.05, 0.1) is 16.8 Å². The largest absolute Gasteiger partial charge is 0.323 e. The second kappa shape index (κ2) is 8.77. The van der Waals surface area contributed by atoms with E-state index in [0.29, 0.717) is 22.3 Å². The lowest BCUT2D eigenvalue weighted by atomic mass is 10.2. The first kappa shape index (κ1) is 19.1. The van der Waals surface area contributed by atoms with Crippen molar-refractivity contribution in [3.63, 3.8) is 0 Å². The Hall–Kier alpha value is -1.20. The number of benzene rings is 2. The first-order valence-electron chi connectivity index (χ1n) is 7.50. The average Bonchev–Trinajstić information content (AvgIpc) is 2.58. The van der Waals surface area contributed by atoms with Crippen molar-refractivity contribution in [1.82, 2.24) is 4.90 Å². The Morgan fingerprint density at radius 3 is 2.50 bits per heavy atom. The maximum absolute atomic E-state index is 12.5. The Bertz CT molecular complexity index is 707. The molecular weight excluding hydrogens is 363 g/mol. The summed E-state index contributed by atoms with van der Waals surface area (Å²) in [4.78, 5) is 15.7. The fourth-order valence-electron chi connectivity index (χ4n) is 2.19. The first-order chi connectivity index (χ1) is 11.4. The van der Waals surface area contributed by atoms with Crippen LogP contribution in [0.2, 0.25) is 10.0 Å². The molecule has 0 aliphatic heterocycles. The Morgan fingerprint density at radius 2 is 1.88 bits per heavy atom. The van der Waals surface area contributed by atoms with E-state index in [9.17, 15) is 4.79 Å². The molecule has 0 spiro atoms. The van der Waals surface area contributed by atoms with Crippen LogP contribution in [-0.2, 0) is 11.3 Å². The molecule has 6 heteroatoms. The van der Waals surface area contributed by atoms with E-state index < -0.39 is 0 Å². The molecule has 2 aromatic carbocycles. The molecule has 0 unspecified atom stereocenters. The predicted molar refractivity (Wildman–Crippen MR) is 104 cm³/mol. The van der Waals surface area contributed by atoms with Gasteiger partial charge >= 0.3 is 0 Å². The van der Waals surface area contributed by atoms with E-state index in [1.54, 1.807) is 30.0 Å². The molecule has 0 radical (unpaired) electrons. The number of likely N-dealkylation sites (N-methyl/N-ethyl adjacent to an activating group) is 1. The van der Waals surface area contributed by atoms with E-state index in [0.717, 1.165) is 5.56 Å². The summed E-state index contributed by atoms with van der Waals surface area (Å²) in [6.45, 7) is 2.55. The van der Waals surface area contributed by atoms with Crippen LogP contribution in [0.1, 0.15) is 12.5 Å². The van der Waals surface area contributed by atoms with Crippen molar-refractivity contribution in [3.05, 3.63) is 58.1 Å². The summed E-state index contributed by atoms with van der Waals surface area (Å²) in [7, 11) is 1.92. The molecule has 2 rings (SSSR count). The SMILES string of the molecule is CSc1ccc(CN(C)[C@@H](C)C(=O)Nc2cc(Cl)ccc2Cl)cc1. The van der Waals surface area contributed by atoms with Gasteiger partial charge in [0.1, 0.15) is 0 Å². The van der Waals surface area contributed by atoms with Crippen molar-refractivity contribution in [2.75, 3.05) is 18.6 Å². The minimum atomic E-state index is -0.305. The van der Waals surface area contributed by atoms with Crippen LogP contribution in [0.3, 0.4) is 0 Å². The third-order valence-corrected chi connectivity index (χ3v) is 5.13. The van der Waals surface area contributed by atoms with Crippen LogP contribution in [0.4, 0.5) is 5.69 Å². The molecule has 24 heavy (non-hydrogen) atoms. The second-order valence-electron chi connectivity index (χ2n) is 5.55. The van der Waals surface area contributed by atoms with Crippen LogP contribution in [-0.4, -0.2) is 30.2 Å². The number of carbonyl (C=O) groups is 1. The Morgan fingerprint density at radius 1 is 1.21 bits per heavy atom. The zero-order valence-electron chi connectivity index (χ0n) is 13.8. The number of hydrogen-bond donors (Lipinski definition) is 1. The lowest BCUT2D eigenvalue weighted by molar-refractivity contribution is -0.120. The zero-order valence-corrected chi connectivity index (χ0v) is 16.2. The van der Waals surface area contributed by atoms with Crippen molar-refractivity contribution in [2.45, 2.75) is 24.4 Å². The van der Waals surface area contributed by atoms with Gasteiger partial charge in [0.15, 0.2) is 0 Å². The van der Waals surface area contributed by atoms with E-state index in [-0.39, 0.29) is 11.9 Å². The summed E-state index contributed by atoms with van der Waals surface area (Å²) in [5, 5.41) is 3.84. The molecule has 0 heterocycles. The van der Waals surface area contributed by atoms with E-state index in [4.69, 9.17) is 23.2 Å². The fraction of sp³-hybridized carbons (Fsp3) is 0.278. The van der Waals surface area contributed by atoms with Crippen LogP contribution in [0.25, 0.3) is 0 Å². The highest BCUT2D eigenvalue weighted by atomic mass is 35.5. The molecule has 0 saturated carbocycles. The smallest absolute Gasteiger partial charge is 0.241 e. The van der Waals surface area contributed by atoms with Gasteiger partial charge in [0, 0.05) is 16.5 Å². The lowest BCUT2D eigenvalue weighted by Crippen LogP contribution is -2.39. The van der Waals surface area contributed by atoms with Gasteiger partial charge in [-0.2, -0.15) is 0 Å². The van der Waals surface area contributed by atoms with Crippen LogP contribution >= 0.6 is 35.0 Å². The van der Waals surface area contributed by atoms with E-state index in [1.807, 2.05) is 18.9 Å². The molecule has 3 nitrogen and oxygen atoms in total. The number of nitrogens with one attached hydrogen (secondary N) is 1. The summed E-state index contributed by atoms with van der Waals surface area (Å²) < 4.78 is 0. The lowest BCUT2D eigenvalue weighted by Gasteiger charge is -2.24. The Labute approximate surface area is 157 Å². The van der Waals surface area contributed by atoms with E-state index in [1.165, 1.54) is 4.90 Å². The molecule has 0 saturated heterocycles. The van der Waals surface area contributed by atoms with Crippen molar-refractivity contribution in [3.8, 4) is 0 Å². The van der Waals surface area contributed by atoms with Crippen LogP contribution < -0.4 is 5.32 Å². The predicted octanol–water partition coefficient (Wildman–Crippen LogP) is 5.17. The summed E-state index contributed by atoms with van der Waals surface area (Å²) in [5.74, 6) is -0.123. The van der Waals surface area contributed by atoms with Gasteiger partial charge in [-0.05, 0) is 56.1 Å². The fourth-order valence-corrected chi connectivity index (χ4v) is 2.93. The zero-order chi connectivity index (χ0) is 17.7. The average molecular weight is 383 g/mol. The van der Waals surface area contributed by atoms with Gasteiger partial charge in [0.25, 0.3) is 0 Å². The molecule has 2 aromatic rings. The topological polar surface area (TPSA) is 32.3 Å². The van der Waals surface area contributed by atoms with Gasteiger partial charge in [0.2, 0.25) is 5.91 Å². The van der Waals surface area contributed by atoms with E-state index in [2.05, 4.69) is 35.8 Å². The highest BCUT2D eigenvalue weighted by Crippen LogP contribution is 2.25. The molecule has 1 N–H and O–H groups in total. The summed E-state index contributed by atoms with van der Waals surface area (Å²) in [6.07, 6.45) is 2.05. The van der Waals surface area contributed by atoms with Crippen molar-refractivity contribution in [1.29, 1.82) is 0 Å². The monoisotopic (exact) mass is 382 g/mol. The quantitative estimate of drug-likeness (QED) is 0.698. The Balaban J connectivity index is 1.99. The van der Waals surface area contributed by atoms with Crippen LogP contribution in [0.15, 0.2) is 47.4 Å². The first-order valence-corrected chi connectivity index (χ1v) is 9.48. The normalized spacial score (nSPS) is 12.2. The number of rotatable bonds is 6. The highest BCUT2D eigenvalue weighted by Gasteiger charge is 2.19. The third-order valence-electron chi connectivity index (χ3n) is 3.82. The van der Waals surface area contributed by atoms with Crippen LogP contribution in [0.5, 0.6) is 0 Å². The number of halogens is 2. The minimum absolute atomic E-state index is 0.123. The van der Waals surface area contributed by atoms with Crippen molar-refractivity contribution >= 4 is 46.6 Å². The minimum Gasteiger partial charge on any atom is -0.323 e. The van der Waals surface area contributed by atoms with Gasteiger partial charge < -0.3 is 5.32 Å². The molecule has 128 valence electrons. The summed E-state index contributed by atoms with van der Waals surface area (Å²) in [5.41, 5.74) is 1.69. The molecular formula is C18H20Cl2N2OS. The van der Waals surface area contributed by atoms with Crippen molar-refractivity contribution < 1.29 is 4.79 Å². The van der Waals surface area contributed by atoms with Gasteiger partial charge in [-0.15, -0.1) is 11.8 Å². The highest BCUT2D eigenvalue weighted by molar-refractivity contribution is 7.98. The molecule has 1 atom stereocenters. The number of thioether (sulfide) groups is 1. The van der Waals surface area contributed by atoms with Gasteiger partial charge in [-0.25, -0.2) is 0 Å². The maximum Gasteiger partial charge on any atom is 0.241 e. The summed E-state index contributed by atoms with van der Waals surface area (Å²) in [6, 6.07) is 13.0. The number of nitrogens with zero attached hydrogens (tertiary/aromatic N) is 1. The van der Waals surface area contributed by atoms with Crippen molar-refractivity contribution in [2.24, 2.45) is 0 Å².